The number of pyridine rings is 1. The molecule has 1 aromatic heterocycles. The van der Waals surface area contributed by atoms with E-state index < -0.39 is 0 Å². The third-order valence-corrected chi connectivity index (χ3v) is 3.47. The van der Waals surface area contributed by atoms with Crippen LogP contribution in [0.4, 0.5) is 5.69 Å². The van der Waals surface area contributed by atoms with Crippen molar-refractivity contribution in [2.24, 2.45) is 0 Å². The molecule has 0 atom stereocenters. The lowest BCUT2D eigenvalue weighted by Crippen LogP contribution is -2.39. The summed E-state index contributed by atoms with van der Waals surface area (Å²) in [5.74, 6) is -0.0174. The molecule has 3 nitrogen and oxygen atoms in total. The van der Waals surface area contributed by atoms with E-state index in [2.05, 4.69) is 34.8 Å². The molecule has 0 saturated carbocycles. The summed E-state index contributed by atoms with van der Waals surface area (Å²) in [5.41, 5.74) is 2.11. The Morgan fingerprint density at radius 2 is 2.00 bits per heavy atom. The minimum absolute atomic E-state index is 0.0174. The number of hydrogen-bond donors (Lipinski definition) is 1. The summed E-state index contributed by atoms with van der Waals surface area (Å²) in [7, 11) is 0. The van der Waals surface area contributed by atoms with Gasteiger partial charge in [0, 0.05) is 21.4 Å². The van der Waals surface area contributed by atoms with Crippen molar-refractivity contribution in [3.63, 3.8) is 0 Å². The maximum atomic E-state index is 11.9. The number of amides is 1. The van der Waals surface area contributed by atoms with E-state index in [9.17, 15) is 4.79 Å². The zero-order chi connectivity index (χ0) is 13.7. The number of halogens is 1. The van der Waals surface area contributed by atoms with Crippen LogP contribution in [-0.4, -0.2) is 5.91 Å². The van der Waals surface area contributed by atoms with Crippen LogP contribution in [0.3, 0.4) is 0 Å². The third-order valence-electron chi connectivity index (χ3n) is 2.80. The average molecular weight is 367 g/mol. The lowest BCUT2D eigenvalue weighted by Gasteiger charge is -2.03. The number of carbonyl (C=O) groups is 1. The molecule has 0 saturated heterocycles. The Morgan fingerprint density at radius 3 is 2.63 bits per heavy atom. The summed E-state index contributed by atoms with van der Waals surface area (Å²) in [4.78, 5) is 11.9. The van der Waals surface area contributed by atoms with Crippen LogP contribution < -0.4 is 9.88 Å². The van der Waals surface area contributed by atoms with Crippen LogP contribution in [0.1, 0.15) is 12.5 Å². The van der Waals surface area contributed by atoms with Crippen molar-refractivity contribution < 1.29 is 9.36 Å². The first kappa shape index (κ1) is 14.0. The highest BCUT2D eigenvalue weighted by Gasteiger charge is 2.09. The van der Waals surface area contributed by atoms with Crippen molar-refractivity contribution in [2.75, 3.05) is 5.32 Å². The van der Waals surface area contributed by atoms with Crippen LogP contribution in [0.2, 0.25) is 0 Å². The Balaban J connectivity index is 1.97. The molecule has 0 aliphatic heterocycles. The van der Waals surface area contributed by atoms with Crippen LogP contribution in [0.25, 0.3) is 0 Å². The van der Waals surface area contributed by atoms with Crippen molar-refractivity contribution >= 4 is 34.2 Å². The molecule has 0 unspecified atom stereocenters. The van der Waals surface area contributed by atoms with E-state index in [4.69, 9.17) is 0 Å². The van der Waals surface area contributed by atoms with Crippen molar-refractivity contribution in [3.05, 3.63) is 57.9 Å². The number of nitrogens with zero attached hydrogens (tertiary/aromatic N) is 1. The fourth-order valence-electron chi connectivity index (χ4n) is 1.76. The summed E-state index contributed by atoms with van der Waals surface area (Å²) in [6.07, 6.45) is 4.88. The Labute approximate surface area is 126 Å². The van der Waals surface area contributed by atoms with E-state index in [0.717, 1.165) is 15.7 Å². The molecule has 0 fully saturated rings. The number of nitrogens with one attached hydrogen (secondary N) is 1. The molecule has 2 rings (SSSR count). The van der Waals surface area contributed by atoms with E-state index >= 15 is 0 Å². The fourth-order valence-corrected chi connectivity index (χ4v) is 2.30. The maximum absolute atomic E-state index is 11.9. The number of hydrogen-bond acceptors (Lipinski definition) is 1. The summed E-state index contributed by atoms with van der Waals surface area (Å²) < 4.78 is 2.98. The second-order valence-corrected chi connectivity index (χ2v) is 5.54. The van der Waals surface area contributed by atoms with Crippen LogP contribution in [0.5, 0.6) is 0 Å². The van der Waals surface area contributed by atoms with E-state index in [1.165, 1.54) is 5.56 Å². The van der Waals surface area contributed by atoms with Gasteiger partial charge in [0.05, 0.1) is 0 Å². The summed E-state index contributed by atoms with van der Waals surface area (Å²) in [5, 5.41) is 2.90. The smallest absolute Gasteiger partial charge is 0.290 e. The van der Waals surface area contributed by atoms with Gasteiger partial charge in [0.2, 0.25) is 6.54 Å². The Hall–Kier alpha value is -1.43. The first-order chi connectivity index (χ1) is 9.17. The predicted octanol–water partition coefficient (Wildman–Crippen LogP) is 2.78. The van der Waals surface area contributed by atoms with Crippen molar-refractivity contribution in [3.8, 4) is 0 Å². The number of carbonyl (C=O) groups excluding carboxylic acids is 1. The molecule has 0 bridgehead atoms. The molecule has 0 aliphatic carbocycles. The Bertz CT molecular complexity index is 567. The lowest BCUT2D eigenvalue weighted by atomic mass is 10.2. The van der Waals surface area contributed by atoms with Gasteiger partial charge in [-0.2, -0.15) is 4.57 Å². The quantitative estimate of drug-likeness (QED) is 0.654. The molecule has 1 aromatic carbocycles. The SMILES string of the molecule is CCc1cc[n+](CC(=O)Nc2cccc(I)c2)cc1. The molecule has 1 heterocycles. The van der Waals surface area contributed by atoms with E-state index in [0.29, 0.717) is 6.54 Å². The molecule has 1 N–H and O–H groups in total. The second-order valence-electron chi connectivity index (χ2n) is 4.29. The van der Waals surface area contributed by atoms with Gasteiger partial charge in [-0.3, -0.25) is 4.79 Å². The first-order valence-corrected chi connectivity index (χ1v) is 7.28. The highest BCUT2D eigenvalue weighted by Crippen LogP contribution is 2.12. The lowest BCUT2D eigenvalue weighted by molar-refractivity contribution is -0.684. The van der Waals surface area contributed by atoms with Crippen LogP contribution in [-0.2, 0) is 17.8 Å². The number of anilines is 1. The number of aromatic nitrogens is 1. The summed E-state index contributed by atoms with van der Waals surface area (Å²) in [6, 6.07) is 11.8. The topological polar surface area (TPSA) is 33.0 Å². The van der Waals surface area contributed by atoms with Gasteiger partial charge in [0.25, 0.3) is 5.91 Å². The Morgan fingerprint density at radius 1 is 1.26 bits per heavy atom. The molecule has 0 radical (unpaired) electrons. The number of aryl methyl sites for hydroxylation is 1. The molecule has 1 amide bonds. The fraction of sp³-hybridized carbons (Fsp3) is 0.200. The van der Waals surface area contributed by atoms with Crippen LogP contribution in [0, 0.1) is 3.57 Å². The van der Waals surface area contributed by atoms with E-state index in [-0.39, 0.29) is 5.91 Å². The highest BCUT2D eigenvalue weighted by atomic mass is 127. The van der Waals surface area contributed by atoms with E-state index in [1.54, 1.807) is 0 Å². The van der Waals surface area contributed by atoms with Gasteiger partial charge in [0.15, 0.2) is 12.4 Å². The normalized spacial score (nSPS) is 10.2. The van der Waals surface area contributed by atoms with Gasteiger partial charge in [-0.15, -0.1) is 0 Å². The zero-order valence-electron chi connectivity index (χ0n) is 10.8. The van der Waals surface area contributed by atoms with Gasteiger partial charge in [-0.1, -0.05) is 13.0 Å². The average Bonchev–Trinajstić information content (AvgIpc) is 2.39. The minimum Gasteiger partial charge on any atom is -0.321 e. The minimum atomic E-state index is -0.0174. The van der Waals surface area contributed by atoms with Gasteiger partial charge in [-0.05, 0) is 52.8 Å². The molecule has 0 spiro atoms. The van der Waals surface area contributed by atoms with Crippen molar-refractivity contribution in [1.82, 2.24) is 0 Å². The van der Waals surface area contributed by atoms with Gasteiger partial charge < -0.3 is 5.32 Å². The van der Waals surface area contributed by atoms with Gasteiger partial charge in [0.1, 0.15) is 0 Å². The second kappa shape index (κ2) is 6.65. The number of benzene rings is 1. The van der Waals surface area contributed by atoms with Gasteiger partial charge >= 0.3 is 0 Å². The van der Waals surface area contributed by atoms with Crippen LogP contribution >= 0.6 is 22.6 Å². The molecule has 19 heavy (non-hydrogen) atoms. The largest absolute Gasteiger partial charge is 0.321 e. The predicted molar refractivity (Wildman–Crippen MR) is 83.8 cm³/mol. The van der Waals surface area contributed by atoms with E-state index in [1.807, 2.05) is 53.4 Å². The molecule has 98 valence electrons. The highest BCUT2D eigenvalue weighted by molar-refractivity contribution is 14.1. The third kappa shape index (κ3) is 4.31. The first-order valence-electron chi connectivity index (χ1n) is 6.21. The van der Waals surface area contributed by atoms with Gasteiger partial charge in [-0.25, -0.2) is 0 Å². The van der Waals surface area contributed by atoms with Crippen molar-refractivity contribution in [2.45, 2.75) is 19.9 Å². The standard InChI is InChI=1S/C15H15IN2O/c1-2-12-6-8-18(9-7-12)11-15(19)17-14-5-3-4-13(16)10-14/h3-10H,2,11H2,1H3/p+1. The number of rotatable bonds is 4. The molecular weight excluding hydrogens is 351 g/mol. The van der Waals surface area contributed by atoms with Crippen LogP contribution in [0.15, 0.2) is 48.8 Å². The Kier molecular flexibility index (Phi) is 4.90. The molecule has 0 aliphatic rings. The van der Waals surface area contributed by atoms with Crippen molar-refractivity contribution in [1.29, 1.82) is 0 Å². The molecule has 4 heteroatoms. The zero-order valence-corrected chi connectivity index (χ0v) is 12.9. The maximum Gasteiger partial charge on any atom is 0.290 e. The molecular formula is C15H16IN2O+. The summed E-state index contributed by atoms with van der Waals surface area (Å²) >= 11 is 2.23. The molecule has 2 aromatic rings. The summed E-state index contributed by atoms with van der Waals surface area (Å²) in [6.45, 7) is 2.44. The monoisotopic (exact) mass is 367 g/mol.